The number of rotatable bonds is 2. The summed E-state index contributed by atoms with van der Waals surface area (Å²) in [6.45, 7) is 6.47. The largest absolute Gasteiger partial charge is 0.476 e. The molecule has 0 aromatic carbocycles. The molecule has 0 spiro atoms. The molecule has 0 unspecified atom stereocenters. The molecule has 1 heterocycles. The number of hydrogen-bond donors (Lipinski definition) is 1. The Morgan fingerprint density at radius 3 is 2.53 bits per heavy atom. The minimum atomic E-state index is -1.49. The Bertz CT molecular complexity index is 441. The van der Waals surface area contributed by atoms with Crippen LogP contribution < -0.4 is 5.19 Å². The Kier molecular flexibility index (Phi) is 2.96. The molecule has 0 bridgehead atoms. The van der Waals surface area contributed by atoms with Gasteiger partial charge in [-0.3, -0.25) is 0 Å². The maximum Gasteiger partial charge on any atom is 0.355 e. The summed E-state index contributed by atoms with van der Waals surface area (Å²) in [7, 11) is -1.49. The fourth-order valence-electron chi connectivity index (χ4n) is 1.16. The van der Waals surface area contributed by atoms with Crippen LogP contribution in [-0.4, -0.2) is 24.1 Å². The van der Waals surface area contributed by atoms with Crippen molar-refractivity contribution in [3.8, 4) is 12.3 Å². The molecule has 0 amide bonds. The van der Waals surface area contributed by atoms with Crippen LogP contribution in [0.1, 0.15) is 16.1 Å². The van der Waals surface area contributed by atoms with E-state index in [-0.39, 0.29) is 5.69 Å². The molecule has 0 saturated heterocycles. The zero-order valence-electron chi connectivity index (χ0n) is 9.03. The fourth-order valence-corrected chi connectivity index (χ4v) is 2.18. The van der Waals surface area contributed by atoms with E-state index in [1.807, 2.05) is 0 Å². The minimum Gasteiger partial charge on any atom is -0.476 e. The summed E-state index contributed by atoms with van der Waals surface area (Å²) in [5.74, 6) is 1.29. The number of carboxylic acids is 1. The van der Waals surface area contributed by atoms with Crippen molar-refractivity contribution in [2.75, 3.05) is 0 Å². The van der Waals surface area contributed by atoms with Crippen molar-refractivity contribution < 1.29 is 9.90 Å². The van der Waals surface area contributed by atoms with Gasteiger partial charge in [0.2, 0.25) is 0 Å². The molecule has 0 saturated carbocycles. The predicted octanol–water partition coefficient (Wildman–Crippen LogP) is 1.31. The van der Waals surface area contributed by atoms with Gasteiger partial charge in [0.25, 0.3) is 0 Å². The first-order chi connectivity index (χ1) is 6.86. The van der Waals surface area contributed by atoms with Gasteiger partial charge in [0.05, 0.1) is 13.6 Å². The van der Waals surface area contributed by atoms with Crippen LogP contribution in [0.5, 0.6) is 0 Å². The highest BCUT2D eigenvalue weighted by Gasteiger charge is 2.19. The number of carboxylic acid groups (broad SMARTS) is 1. The minimum absolute atomic E-state index is 0.0421. The van der Waals surface area contributed by atoms with Crippen molar-refractivity contribution >= 4 is 19.2 Å². The Labute approximate surface area is 90.2 Å². The molecule has 78 valence electrons. The topological polar surface area (TPSA) is 50.2 Å². The van der Waals surface area contributed by atoms with Gasteiger partial charge in [0, 0.05) is 6.20 Å². The number of aromatic nitrogens is 1. The van der Waals surface area contributed by atoms with Crippen LogP contribution in [0.2, 0.25) is 19.6 Å². The molecular formula is C11H13NO2Si. The van der Waals surface area contributed by atoms with E-state index in [2.05, 4.69) is 30.5 Å². The first-order valence-corrected chi connectivity index (χ1v) is 8.06. The number of aromatic carboxylic acids is 1. The summed E-state index contributed by atoms with van der Waals surface area (Å²) < 4.78 is 0. The van der Waals surface area contributed by atoms with Crippen molar-refractivity contribution in [1.82, 2.24) is 4.98 Å². The van der Waals surface area contributed by atoms with Gasteiger partial charge in [0.15, 0.2) is 5.69 Å². The van der Waals surface area contributed by atoms with E-state index in [0.717, 1.165) is 5.19 Å². The van der Waals surface area contributed by atoms with Crippen LogP contribution in [-0.2, 0) is 0 Å². The summed E-state index contributed by atoms with van der Waals surface area (Å²) in [4.78, 5) is 14.7. The summed E-state index contributed by atoms with van der Waals surface area (Å²) in [6, 6.07) is 1.77. The van der Waals surface area contributed by atoms with Gasteiger partial charge >= 0.3 is 5.97 Å². The second kappa shape index (κ2) is 3.87. The zero-order valence-corrected chi connectivity index (χ0v) is 10.0. The summed E-state index contributed by atoms with van der Waals surface area (Å²) >= 11 is 0. The summed E-state index contributed by atoms with van der Waals surface area (Å²) in [5.41, 5.74) is 0.321. The molecule has 3 nitrogen and oxygen atoms in total. The molecule has 4 heteroatoms. The number of pyridine rings is 1. The number of carbonyl (C=O) groups is 1. The van der Waals surface area contributed by atoms with Crippen molar-refractivity contribution in [3.05, 3.63) is 23.5 Å². The molecule has 0 fully saturated rings. The zero-order chi connectivity index (χ0) is 11.6. The smallest absolute Gasteiger partial charge is 0.355 e. The lowest BCUT2D eigenvalue weighted by molar-refractivity contribution is 0.0690. The van der Waals surface area contributed by atoms with Crippen molar-refractivity contribution in [3.63, 3.8) is 0 Å². The Balaban J connectivity index is 3.34. The molecule has 1 rings (SSSR count). The van der Waals surface area contributed by atoms with Crippen LogP contribution in [0.15, 0.2) is 12.3 Å². The second-order valence-corrected chi connectivity index (χ2v) is 9.40. The second-order valence-electron chi connectivity index (χ2n) is 4.32. The van der Waals surface area contributed by atoms with Gasteiger partial charge in [-0.2, -0.15) is 0 Å². The van der Waals surface area contributed by atoms with E-state index in [1.54, 1.807) is 12.3 Å². The summed E-state index contributed by atoms with van der Waals surface area (Å²) in [6.07, 6.45) is 6.88. The fraction of sp³-hybridized carbons (Fsp3) is 0.273. The lowest BCUT2D eigenvalue weighted by atomic mass is 10.2. The molecule has 0 radical (unpaired) electrons. The van der Waals surface area contributed by atoms with Crippen molar-refractivity contribution in [2.45, 2.75) is 19.6 Å². The van der Waals surface area contributed by atoms with Gasteiger partial charge in [-0.25, -0.2) is 9.78 Å². The lowest BCUT2D eigenvalue weighted by Crippen LogP contribution is -2.38. The van der Waals surface area contributed by atoms with Crippen LogP contribution in [0, 0.1) is 12.3 Å². The highest BCUT2D eigenvalue weighted by molar-refractivity contribution is 6.88. The maximum atomic E-state index is 10.8. The number of hydrogen-bond acceptors (Lipinski definition) is 2. The quantitative estimate of drug-likeness (QED) is 0.602. The van der Waals surface area contributed by atoms with Crippen LogP contribution in [0.3, 0.4) is 0 Å². The normalized spacial score (nSPS) is 10.8. The highest BCUT2D eigenvalue weighted by atomic mass is 28.3. The van der Waals surface area contributed by atoms with Gasteiger partial charge in [0.1, 0.15) is 0 Å². The molecule has 15 heavy (non-hydrogen) atoms. The number of terminal acetylenes is 1. The SMILES string of the molecule is C#Cc1cc([Si](C)(C)C)cnc1C(=O)O. The van der Waals surface area contributed by atoms with E-state index >= 15 is 0 Å². The molecule has 0 atom stereocenters. The Morgan fingerprint density at radius 2 is 2.13 bits per heavy atom. The van der Waals surface area contributed by atoms with Crippen LogP contribution >= 0.6 is 0 Å². The van der Waals surface area contributed by atoms with E-state index < -0.39 is 14.0 Å². The summed E-state index contributed by atoms with van der Waals surface area (Å²) in [5, 5.41) is 9.91. The molecule has 1 aromatic heterocycles. The molecule has 0 aliphatic carbocycles. The maximum absolute atomic E-state index is 10.8. The van der Waals surface area contributed by atoms with Crippen LogP contribution in [0.4, 0.5) is 0 Å². The molecule has 0 aliphatic rings. The first kappa shape index (κ1) is 11.5. The Morgan fingerprint density at radius 1 is 1.53 bits per heavy atom. The van der Waals surface area contributed by atoms with Gasteiger partial charge in [-0.15, -0.1) is 6.42 Å². The van der Waals surface area contributed by atoms with Crippen molar-refractivity contribution in [2.24, 2.45) is 0 Å². The average Bonchev–Trinajstić information content (AvgIpc) is 2.15. The lowest BCUT2D eigenvalue weighted by Gasteiger charge is -2.16. The molecule has 1 aromatic rings. The first-order valence-electron chi connectivity index (χ1n) is 4.56. The van der Waals surface area contributed by atoms with E-state index in [9.17, 15) is 4.79 Å². The standard InChI is InChI=1S/C11H13NO2Si/c1-5-8-6-9(15(2,3)4)7-12-10(8)11(13)14/h1,6-7H,2-4H3,(H,13,14). The van der Waals surface area contributed by atoms with Gasteiger partial charge in [-0.05, 0) is 11.3 Å². The highest BCUT2D eigenvalue weighted by Crippen LogP contribution is 2.07. The predicted molar refractivity (Wildman–Crippen MR) is 62.1 cm³/mol. The third-order valence-electron chi connectivity index (χ3n) is 2.11. The van der Waals surface area contributed by atoms with E-state index in [0.29, 0.717) is 5.56 Å². The monoisotopic (exact) mass is 219 g/mol. The molecule has 0 aliphatic heterocycles. The van der Waals surface area contributed by atoms with Gasteiger partial charge in [-0.1, -0.05) is 25.6 Å². The van der Waals surface area contributed by atoms with E-state index in [1.165, 1.54) is 0 Å². The molecule has 1 N–H and O–H groups in total. The third-order valence-corrected chi connectivity index (χ3v) is 4.12. The third kappa shape index (κ3) is 2.45. The van der Waals surface area contributed by atoms with Crippen molar-refractivity contribution in [1.29, 1.82) is 0 Å². The Hall–Kier alpha value is -1.60. The number of nitrogens with zero attached hydrogens (tertiary/aromatic N) is 1. The van der Waals surface area contributed by atoms with Crippen LogP contribution in [0.25, 0.3) is 0 Å². The molecular weight excluding hydrogens is 206 g/mol. The van der Waals surface area contributed by atoms with E-state index in [4.69, 9.17) is 11.5 Å². The van der Waals surface area contributed by atoms with Gasteiger partial charge < -0.3 is 5.11 Å². The average molecular weight is 219 g/mol.